The number of nitrogens with one attached hydrogen (secondary N) is 2. The Kier molecular flexibility index (Phi) is 7.80. The summed E-state index contributed by atoms with van der Waals surface area (Å²) in [6.07, 6.45) is 0.424. The quantitative estimate of drug-likeness (QED) is 0.683. The van der Waals surface area contributed by atoms with Crippen molar-refractivity contribution in [2.45, 2.75) is 26.8 Å². The summed E-state index contributed by atoms with van der Waals surface area (Å²) in [7, 11) is 1.64. The van der Waals surface area contributed by atoms with E-state index in [4.69, 9.17) is 4.74 Å². The number of carbonyl (C=O) groups is 1. The van der Waals surface area contributed by atoms with Crippen LogP contribution in [0.15, 0.2) is 48.5 Å². The molecule has 0 aliphatic heterocycles. The number of benzene rings is 2. The summed E-state index contributed by atoms with van der Waals surface area (Å²) in [5, 5.41) is 6.23. The number of amides is 1. The van der Waals surface area contributed by atoms with E-state index in [-0.39, 0.29) is 5.91 Å². The van der Waals surface area contributed by atoms with Gasteiger partial charge in [0.1, 0.15) is 5.75 Å². The fourth-order valence-corrected chi connectivity index (χ4v) is 2.83. The van der Waals surface area contributed by atoms with Crippen LogP contribution < -0.4 is 20.3 Å². The summed E-state index contributed by atoms with van der Waals surface area (Å²) in [4.78, 5) is 14.3. The maximum atomic E-state index is 12.0. The van der Waals surface area contributed by atoms with E-state index in [1.807, 2.05) is 24.3 Å². The zero-order valence-electron chi connectivity index (χ0n) is 15.9. The molecule has 2 aromatic carbocycles. The van der Waals surface area contributed by atoms with E-state index in [1.54, 1.807) is 7.11 Å². The van der Waals surface area contributed by atoms with E-state index in [0.717, 1.165) is 30.1 Å². The van der Waals surface area contributed by atoms with Crippen LogP contribution in [0.1, 0.15) is 25.8 Å². The van der Waals surface area contributed by atoms with E-state index < -0.39 is 0 Å². The van der Waals surface area contributed by atoms with Crippen LogP contribution in [0, 0.1) is 0 Å². The summed E-state index contributed by atoms with van der Waals surface area (Å²) in [5.41, 5.74) is 3.22. The van der Waals surface area contributed by atoms with Gasteiger partial charge in [-0.15, -0.1) is 0 Å². The summed E-state index contributed by atoms with van der Waals surface area (Å²) in [6, 6.07) is 16.0. The van der Waals surface area contributed by atoms with Crippen LogP contribution in [-0.4, -0.2) is 32.7 Å². The number of hydrogen-bond acceptors (Lipinski definition) is 4. The minimum Gasteiger partial charge on any atom is -0.496 e. The Morgan fingerprint density at radius 2 is 1.73 bits per heavy atom. The number of hydrogen-bond donors (Lipinski definition) is 2. The van der Waals surface area contributed by atoms with Crippen LogP contribution in [0.25, 0.3) is 0 Å². The second-order valence-electron chi connectivity index (χ2n) is 5.98. The maximum absolute atomic E-state index is 12.0. The summed E-state index contributed by atoms with van der Waals surface area (Å²) < 4.78 is 5.29. The average Bonchev–Trinajstić information content (AvgIpc) is 2.68. The molecule has 0 heterocycles. The van der Waals surface area contributed by atoms with Crippen LogP contribution in [0.2, 0.25) is 0 Å². The van der Waals surface area contributed by atoms with Gasteiger partial charge in [0.15, 0.2) is 0 Å². The maximum Gasteiger partial charge on any atom is 0.222 e. The molecule has 5 nitrogen and oxygen atoms in total. The van der Waals surface area contributed by atoms with Crippen molar-refractivity contribution < 1.29 is 9.53 Å². The van der Waals surface area contributed by atoms with Crippen molar-refractivity contribution in [3.63, 3.8) is 0 Å². The second-order valence-corrected chi connectivity index (χ2v) is 5.98. The molecular formula is C21H29N3O2. The first-order valence-corrected chi connectivity index (χ1v) is 9.15. The van der Waals surface area contributed by atoms with Gasteiger partial charge in [-0.2, -0.15) is 0 Å². The molecule has 2 rings (SSSR count). The van der Waals surface area contributed by atoms with Gasteiger partial charge < -0.3 is 20.3 Å². The van der Waals surface area contributed by atoms with Gasteiger partial charge in [0, 0.05) is 49.5 Å². The normalized spacial score (nSPS) is 10.3. The summed E-state index contributed by atoms with van der Waals surface area (Å²) in [6.45, 7) is 7.37. The van der Waals surface area contributed by atoms with E-state index >= 15 is 0 Å². The standard InChI is InChI=1S/C21H29N3O2/c1-4-24(5-2)19-12-10-18(11-13-19)22-15-14-21(25)23-16-17-8-6-7-9-20(17)26-3/h6-13,22H,4-5,14-16H2,1-3H3,(H,23,25). The van der Waals surface area contributed by atoms with Crippen molar-refractivity contribution in [2.75, 3.05) is 37.0 Å². The van der Waals surface area contributed by atoms with Gasteiger partial charge in [-0.3, -0.25) is 4.79 Å². The van der Waals surface area contributed by atoms with Crippen molar-refractivity contribution in [2.24, 2.45) is 0 Å². The molecule has 0 radical (unpaired) electrons. The molecular weight excluding hydrogens is 326 g/mol. The third-order valence-corrected chi connectivity index (χ3v) is 4.35. The van der Waals surface area contributed by atoms with Gasteiger partial charge in [-0.25, -0.2) is 0 Å². The highest BCUT2D eigenvalue weighted by molar-refractivity contribution is 5.76. The van der Waals surface area contributed by atoms with Gasteiger partial charge in [0.2, 0.25) is 5.91 Å². The molecule has 26 heavy (non-hydrogen) atoms. The summed E-state index contributed by atoms with van der Waals surface area (Å²) >= 11 is 0. The molecule has 0 saturated carbocycles. The van der Waals surface area contributed by atoms with Gasteiger partial charge in [0.25, 0.3) is 0 Å². The lowest BCUT2D eigenvalue weighted by atomic mass is 10.2. The average molecular weight is 355 g/mol. The zero-order chi connectivity index (χ0) is 18.8. The van der Waals surface area contributed by atoms with Crippen molar-refractivity contribution in [3.8, 4) is 5.75 Å². The predicted molar refractivity (Wildman–Crippen MR) is 108 cm³/mol. The second kappa shape index (κ2) is 10.3. The highest BCUT2D eigenvalue weighted by Crippen LogP contribution is 2.18. The topological polar surface area (TPSA) is 53.6 Å². The molecule has 0 aliphatic carbocycles. The number of para-hydroxylation sites is 1. The Bertz CT molecular complexity index is 682. The number of rotatable bonds is 10. The smallest absolute Gasteiger partial charge is 0.222 e. The first-order valence-electron chi connectivity index (χ1n) is 9.15. The molecule has 0 aliphatic rings. The molecule has 140 valence electrons. The number of nitrogens with zero attached hydrogens (tertiary/aromatic N) is 1. The van der Waals surface area contributed by atoms with Crippen molar-refractivity contribution in [1.29, 1.82) is 0 Å². The monoisotopic (exact) mass is 355 g/mol. The molecule has 0 spiro atoms. The van der Waals surface area contributed by atoms with Gasteiger partial charge in [0.05, 0.1) is 7.11 Å². The zero-order valence-corrected chi connectivity index (χ0v) is 15.9. The fraction of sp³-hybridized carbons (Fsp3) is 0.381. The lowest BCUT2D eigenvalue weighted by Crippen LogP contribution is -2.25. The Labute approximate surface area is 156 Å². The Morgan fingerprint density at radius 3 is 2.38 bits per heavy atom. The van der Waals surface area contributed by atoms with Crippen LogP contribution in [0.5, 0.6) is 5.75 Å². The molecule has 2 aromatic rings. The third kappa shape index (κ3) is 5.69. The molecule has 0 saturated heterocycles. The molecule has 1 amide bonds. The summed E-state index contributed by atoms with van der Waals surface area (Å²) in [5.74, 6) is 0.808. The molecule has 0 fully saturated rings. The number of anilines is 2. The number of ether oxygens (including phenoxy) is 1. The van der Waals surface area contributed by atoms with Gasteiger partial charge in [-0.1, -0.05) is 18.2 Å². The van der Waals surface area contributed by atoms with E-state index in [0.29, 0.717) is 19.5 Å². The SMILES string of the molecule is CCN(CC)c1ccc(NCCC(=O)NCc2ccccc2OC)cc1. The van der Waals surface area contributed by atoms with Crippen molar-refractivity contribution >= 4 is 17.3 Å². The lowest BCUT2D eigenvalue weighted by Gasteiger charge is -2.21. The molecule has 0 unspecified atom stereocenters. The Morgan fingerprint density at radius 1 is 1.04 bits per heavy atom. The lowest BCUT2D eigenvalue weighted by molar-refractivity contribution is -0.121. The van der Waals surface area contributed by atoms with E-state index in [2.05, 4.69) is 53.6 Å². The Hall–Kier alpha value is -2.69. The van der Waals surface area contributed by atoms with Crippen molar-refractivity contribution in [1.82, 2.24) is 5.32 Å². The highest BCUT2D eigenvalue weighted by Gasteiger charge is 2.05. The van der Waals surface area contributed by atoms with Crippen molar-refractivity contribution in [3.05, 3.63) is 54.1 Å². The van der Waals surface area contributed by atoms with E-state index in [9.17, 15) is 4.79 Å². The first kappa shape index (κ1) is 19.6. The predicted octanol–water partition coefficient (Wildman–Crippen LogP) is 3.66. The van der Waals surface area contributed by atoms with E-state index in [1.165, 1.54) is 5.69 Å². The van der Waals surface area contributed by atoms with Crippen LogP contribution in [0.4, 0.5) is 11.4 Å². The molecule has 0 atom stereocenters. The Balaban J connectivity index is 1.74. The highest BCUT2D eigenvalue weighted by atomic mass is 16.5. The van der Waals surface area contributed by atoms with Crippen LogP contribution in [0.3, 0.4) is 0 Å². The minimum absolute atomic E-state index is 0.0168. The largest absolute Gasteiger partial charge is 0.496 e. The third-order valence-electron chi connectivity index (χ3n) is 4.35. The first-order chi connectivity index (χ1) is 12.7. The van der Waals surface area contributed by atoms with Gasteiger partial charge in [-0.05, 0) is 44.2 Å². The molecule has 5 heteroatoms. The number of methoxy groups -OCH3 is 1. The fourth-order valence-electron chi connectivity index (χ4n) is 2.83. The molecule has 0 aromatic heterocycles. The number of carbonyl (C=O) groups excluding carboxylic acids is 1. The van der Waals surface area contributed by atoms with Gasteiger partial charge >= 0.3 is 0 Å². The molecule has 2 N–H and O–H groups in total. The van der Waals surface area contributed by atoms with Crippen LogP contribution >= 0.6 is 0 Å². The minimum atomic E-state index is 0.0168. The molecule has 0 bridgehead atoms. The van der Waals surface area contributed by atoms with Crippen LogP contribution in [-0.2, 0) is 11.3 Å².